The Morgan fingerprint density at radius 1 is 0.349 bits per heavy atom. The van der Waals surface area contributed by atoms with Crippen molar-refractivity contribution >= 4 is 21.9 Å². The summed E-state index contributed by atoms with van der Waals surface area (Å²) in [5, 5.41) is 2.17. The third-order valence-electron chi connectivity index (χ3n) is 7.72. The summed E-state index contributed by atoms with van der Waals surface area (Å²) in [5.74, 6) is 1.83. The zero-order valence-corrected chi connectivity index (χ0v) is 23.2. The van der Waals surface area contributed by atoms with Crippen molar-refractivity contribution in [1.82, 2.24) is 15.0 Å². The van der Waals surface area contributed by atoms with Crippen LogP contribution in [0.25, 0.3) is 78.4 Å². The van der Waals surface area contributed by atoms with Gasteiger partial charge in [0.25, 0.3) is 0 Å². The van der Waals surface area contributed by atoms with E-state index in [0.717, 1.165) is 60.9 Å². The van der Waals surface area contributed by atoms with Gasteiger partial charge in [0, 0.05) is 27.5 Å². The first kappa shape index (κ1) is 24.9. The number of nitrogens with zero attached hydrogens (tertiary/aromatic N) is 3. The first-order chi connectivity index (χ1) is 21.3. The fourth-order valence-electron chi connectivity index (χ4n) is 5.65. The molecule has 0 aliphatic carbocycles. The van der Waals surface area contributed by atoms with E-state index < -0.39 is 0 Å². The number of hydrogen-bond acceptors (Lipinski definition) is 4. The van der Waals surface area contributed by atoms with Crippen molar-refractivity contribution in [2.75, 3.05) is 0 Å². The van der Waals surface area contributed by atoms with E-state index >= 15 is 0 Å². The second-order valence-electron chi connectivity index (χ2n) is 10.5. The van der Waals surface area contributed by atoms with Gasteiger partial charge in [-0.1, -0.05) is 127 Å². The molecule has 8 aromatic rings. The standard InChI is InChI=1S/C39H25N3O/c1-4-13-26(14-5-1)29-19-12-20-30(23-29)38-40-37(28-17-8-3-9-18-28)41-39(42-38)31-24-33(27-15-6-2-7-16-27)36-32-21-10-11-22-34(32)43-35(36)25-31/h1-25H. The number of fused-ring (bicyclic) bond motifs is 3. The molecule has 202 valence electrons. The van der Waals surface area contributed by atoms with Gasteiger partial charge in [0.05, 0.1) is 0 Å². The lowest BCUT2D eigenvalue weighted by Crippen LogP contribution is -2.00. The van der Waals surface area contributed by atoms with E-state index in [1.807, 2.05) is 60.7 Å². The molecule has 0 saturated carbocycles. The van der Waals surface area contributed by atoms with Gasteiger partial charge in [-0.2, -0.15) is 0 Å². The van der Waals surface area contributed by atoms with Crippen LogP contribution < -0.4 is 0 Å². The molecule has 0 fully saturated rings. The predicted molar refractivity (Wildman–Crippen MR) is 174 cm³/mol. The predicted octanol–water partition coefficient (Wildman–Crippen LogP) is 10.1. The molecular weight excluding hydrogens is 526 g/mol. The molecular formula is C39H25N3O. The summed E-state index contributed by atoms with van der Waals surface area (Å²) in [6, 6.07) is 51.6. The Labute approximate surface area is 249 Å². The van der Waals surface area contributed by atoms with Gasteiger partial charge in [-0.3, -0.25) is 0 Å². The van der Waals surface area contributed by atoms with Gasteiger partial charge in [0.15, 0.2) is 17.5 Å². The largest absolute Gasteiger partial charge is 0.456 e. The summed E-state index contributed by atoms with van der Waals surface area (Å²) >= 11 is 0. The second-order valence-corrected chi connectivity index (χ2v) is 10.5. The molecule has 2 aromatic heterocycles. The Morgan fingerprint density at radius 2 is 0.884 bits per heavy atom. The number of hydrogen-bond donors (Lipinski definition) is 0. The van der Waals surface area contributed by atoms with Gasteiger partial charge < -0.3 is 4.42 Å². The van der Waals surface area contributed by atoms with Crippen LogP contribution in [-0.4, -0.2) is 15.0 Å². The molecule has 6 aromatic carbocycles. The van der Waals surface area contributed by atoms with Gasteiger partial charge >= 0.3 is 0 Å². The summed E-state index contributed by atoms with van der Waals surface area (Å²) in [7, 11) is 0. The molecule has 43 heavy (non-hydrogen) atoms. The van der Waals surface area contributed by atoms with Crippen LogP contribution in [0.4, 0.5) is 0 Å². The lowest BCUT2D eigenvalue weighted by molar-refractivity contribution is 0.669. The SMILES string of the molecule is c1ccc(-c2cccc(-c3nc(-c4ccccc4)nc(-c4cc(-c5ccccc5)c5c(c4)oc4ccccc45)n3)c2)cc1. The van der Waals surface area contributed by atoms with Crippen molar-refractivity contribution in [2.45, 2.75) is 0 Å². The molecule has 0 spiro atoms. The zero-order chi connectivity index (χ0) is 28.6. The van der Waals surface area contributed by atoms with Crippen molar-refractivity contribution in [1.29, 1.82) is 0 Å². The molecule has 0 aliphatic heterocycles. The summed E-state index contributed by atoms with van der Waals surface area (Å²) in [5.41, 5.74) is 8.81. The Morgan fingerprint density at radius 3 is 1.60 bits per heavy atom. The number of furan rings is 1. The molecule has 0 unspecified atom stereocenters. The smallest absolute Gasteiger partial charge is 0.164 e. The Balaban J connectivity index is 1.37. The molecule has 0 amide bonds. The molecule has 0 radical (unpaired) electrons. The van der Waals surface area contributed by atoms with E-state index in [9.17, 15) is 0 Å². The normalized spacial score (nSPS) is 11.3. The molecule has 0 saturated heterocycles. The van der Waals surface area contributed by atoms with Crippen LogP contribution in [-0.2, 0) is 0 Å². The van der Waals surface area contributed by atoms with Crippen LogP contribution in [0.1, 0.15) is 0 Å². The highest BCUT2D eigenvalue weighted by atomic mass is 16.3. The summed E-state index contributed by atoms with van der Waals surface area (Å²) in [6.45, 7) is 0. The molecule has 0 aliphatic rings. The number of para-hydroxylation sites is 1. The highest BCUT2D eigenvalue weighted by Gasteiger charge is 2.18. The van der Waals surface area contributed by atoms with E-state index in [4.69, 9.17) is 19.4 Å². The molecule has 0 atom stereocenters. The topological polar surface area (TPSA) is 51.8 Å². The highest BCUT2D eigenvalue weighted by Crippen LogP contribution is 2.40. The molecule has 2 heterocycles. The van der Waals surface area contributed by atoms with Crippen molar-refractivity contribution in [2.24, 2.45) is 0 Å². The van der Waals surface area contributed by atoms with Gasteiger partial charge in [0.2, 0.25) is 0 Å². The molecule has 4 nitrogen and oxygen atoms in total. The quantitative estimate of drug-likeness (QED) is 0.214. The van der Waals surface area contributed by atoms with Crippen molar-refractivity contribution < 1.29 is 4.42 Å². The van der Waals surface area contributed by atoms with E-state index in [-0.39, 0.29) is 0 Å². The van der Waals surface area contributed by atoms with Crippen molar-refractivity contribution in [3.05, 3.63) is 152 Å². The van der Waals surface area contributed by atoms with E-state index in [1.54, 1.807) is 0 Å². The second kappa shape index (κ2) is 10.5. The number of benzene rings is 6. The number of aromatic nitrogens is 3. The number of rotatable bonds is 5. The first-order valence-electron chi connectivity index (χ1n) is 14.3. The van der Waals surface area contributed by atoms with Gasteiger partial charge in [-0.25, -0.2) is 15.0 Å². The van der Waals surface area contributed by atoms with Crippen LogP contribution in [0.2, 0.25) is 0 Å². The minimum Gasteiger partial charge on any atom is -0.456 e. The average molecular weight is 552 g/mol. The Kier molecular flexibility index (Phi) is 6.08. The van der Waals surface area contributed by atoms with Crippen LogP contribution in [0.15, 0.2) is 156 Å². The van der Waals surface area contributed by atoms with Crippen LogP contribution in [0.5, 0.6) is 0 Å². The fraction of sp³-hybridized carbons (Fsp3) is 0. The molecule has 4 heteroatoms. The Bertz CT molecular complexity index is 2220. The van der Waals surface area contributed by atoms with Crippen molar-refractivity contribution in [3.8, 4) is 56.4 Å². The third kappa shape index (κ3) is 4.65. The van der Waals surface area contributed by atoms with Gasteiger partial charge in [0.1, 0.15) is 11.2 Å². The van der Waals surface area contributed by atoms with Gasteiger partial charge in [-0.15, -0.1) is 0 Å². The molecule has 0 bridgehead atoms. The maximum atomic E-state index is 6.40. The lowest BCUT2D eigenvalue weighted by atomic mass is 9.97. The highest BCUT2D eigenvalue weighted by molar-refractivity contribution is 6.13. The minimum atomic E-state index is 0.591. The summed E-state index contributed by atoms with van der Waals surface area (Å²) < 4.78 is 6.40. The maximum absolute atomic E-state index is 6.40. The maximum Gasteiger partial charge on any atom is 0.164 e. The van der Waals surface area contributed by atoms with E-state index in [1.165, 1.54) is 0 Å². The minimum absolute atomic E-state index is 0.591. The first-order valence-corrected chi connectivity index (χ1v) is 14.3. The Hall–Kier alpha value is -5.87. The summed E-state index contributed by atoms with van der Waals surface area (Å²) in [4.78, 5) is 15.0. The summed E-state index contributed by atoms with van der Waals surface area (Å²) in [6.07, 6.45) is 0. The zero-order valence-electron chi connectivity index (χ0n) is 23.2. The monoisotopic (exact) mass is 551 g/mol. The van der Waals surface area contributed by atoms with Crippen LogP contribution in [0.3, 0.4) is 0 Å². The van der Waals surface area contributed by atoms with Crippen molar-refractivity contribution in [3.63, 3.8) is 0 Å². The van der Waals surface area contributed by atoms with E-state index in [2.05, 4.69) is 91.0 Å². The molecule has 8 rings (SSSR count). The third-order valence-corrected chi connectivity index (χ3v) is 7.72. The van der Waals surface area contributed by atoms with E-state index in [0.29, 0.717) is 17.5 Å². The lowest BCUT2D eigenvalue weighted by Gasteiger charge is -2.11. The molecule has 0 N–H and O–H groups in total. The van der Waals surface area contributed by atoms with Crippen LogP contribution in [0, 0.1) is 0 Å². The van der Waals surface area contributed by atoms with Gasteiger partial charge in [-0.05, 0) is 46.5 Å². The van der Waals surface area contributed by atoms with Crippen LogP contribution >= 0.6 is 0 Å². The fourth-order valence-corrected chi connectivity index (χ4v) is 5.65. The average Bonchev–Trinajstić information content (AvgIpc) is 3.47.